The smallest absolute Gasteiger partial charge is 0.238 e. The molecule has 0 radical (unpaired) electrons. The van der Waals surface area contributed by atoms with E-state index >= 15 is 0 Å². The molecule has 3 N–H and O–H groups in total. The van der Waals surface area contributed by atoms with Crippen molar-refractivity contribution in [2.75, 3.05) is 12.3 Å². The van der Waals surface area contributed by atoms with E-state index in [0.29, 0.717) is 28.3 Å². The summed E-state index contributed by atoms with van der Waals surface area (Å²) >= 11 is 7.20. The molecule has 1 saturated carbocycles. The van der Waals surface area contributed by atoms with E-state index < -0.39 is 26.4 Å². The Hall–Kier alpha value is -2.54. The second kappa shape index (κ2) is 11.5. The molecule has 3 atom stereocenters. The minimum absolute atomic E-state index is 0.0891. The van der Waals surface area contributed by atoms with Gasteiger partial charge in [0, 0.05) is 15.8 Å². The van der Waals surface area contributed by atoms with Crippen molar-refractivity contribution in [3.05, 3.63) is 59.1 Å². The van der Waals surface area contributed by atoms with E-state index in [0.717, 1.165) is 12.8 Å². The van der Waals surface area contributed by atoms with Gasteiger partial charge in [0.25, 0.3) is 0 Å². The fourth-order valence-corrected chi connectivity index (χ4v) is 7.29. The quantitative estimate of drug-likeness (QED) is 0.369. The van der Waals surface area contributed by atoms with Gasteiger partial charge in [-0.05, 0) is 67.6 Å². The van der Waals surface area contributed by atoms with Gasteiger partial charge in [0.15, 0.2) is 9.84 Å². The fourth-order valence-electron chi connectivity index (χ4n) is 4.36. The predicted octanol–water partition coefficient (Wildman–Crippen LogP) is 4.05. The summed E-state index contributed by atoms with van der Waals surface area (Å²) in [5, 5.41) is 11.8. The number of hydrogen-bond donors (Lipinski definition) is 2. The lowest BCUT2D eigenvalue weighted by atomic mass is 9.80. The zero-order chi connectivity index (χ0) is 25.6. The van der Waals surface area contributed by atoms with Crippen LogP contribution in [0.3, 0.4) is 0 Å². The summed E-state index contributed by atoms with van der Waals surface area (Å²) in [4.78, 5) is 25.6. The van der Waals surface area contributed by atoms with Crippen LogP contribution >= 0.6 is 23.4 Å². The van der Waals surface area contributed by atoms with Crippen molar-refractivity contribution in [1.29, 1.82) is 5.26 Å². The molecule has 0 aliphatic heterocycles. The van der Waals surface area contributed by atoms with Crippen LogP contribution in [-0.4, -0.2) is 32.5 Å². The molecular weight excluding hydrogens is 506 g/mol. The first-order chi connectivity index (χ1) is 16.6. The van der Waals surface area contributed by atoms with Gasteiger partial charge in [-0.2, -0.15) is 5.26 Å². The molecule has 7 nitrogen and oxygen atoms in total. The zero-order valence-electron chi connectivity index (χ0n) is 19.4. The Kier molecular flexibility index (Phi) is 8.86. The predicted molar refractivity (Wildman–Crippen MR) is 136 cm³/mol. The Balaban J connectivity index is 1.76. The molecule has 186 valence electrons. The van der Waals surface area contributed by atoms with Crippen LogP contribution in [0, 0.1) is 23.2 Å². The van der Waals surface area contributed by atoms with E-state index in [1.807, 2.05) is 6.07 Å². The van der Waals surface area contributed by atoms with Gasteiger partial charge in [-0.3, -0.25) is 9.59 Å². The highest BCUT2D eigenvalue weighted by Gasteiger charge is 2.36. The first-order valence-electron chi connectivity index (χ1n) is 11.3. The number of sulfone groups is 1. The van der Waals surface area contributed by atoms with Crippen LogP contribution in [0.15, 0.2) is 58.3 Å². The molecule has 0 saturated heterocycles. The van der Waals surface area contributed by atoms with E-state index in [1.54, 1.807) is 43.3 Å². The van der Waals surface area contributed by atoms with E-state index in [1.165, 1.54) is 23.9 Å². The first-order valence-corrected chi connectivity index (χ1v) is 14.1. The third-order valence-corrected chi connectivity index (χ3v) is 9.85. The number of nitrogens with zero attached hydrogens (tertiary/aromatic N) is 1. The number of hydrogen-bond acceptors (Lipinski definition) is 6. The normalized spacial score (nSPS) is 19.8. The van der Waals surface area contributed by atoms with Crippen molar-refractivity contribution in [2.45, 2.75) is 47.1 Å². The van der Waals surface area contributed by atoms with Crippen LogP contribution in [0.2, 0.25) is 5.02 Å². The SMILES string of the molecule is CC(Sc1ccc(S(=O)(=O)CC2CCCCC2C(=O)NCC#N)cc1)(C(N)=O)c1ccc(Cl)cc1. The summed E-state index contributed by atoms with van der Waals surface area (Å²) in [5.74, 6) is -1.64. The standard InChI is InChI=1S/C25H28ClN3O4S2/c1-25(24(28)31,18-6-8-19(26)9-7-18)34-20-10-12-21(13-11-20)35(32,33)16-17-4-2-3-5-22(17)23(30)29-15-14-27/h6-13,17,22H,2-5,15-16H2,1H3,(H2,28,31)(H,29,30). The summed E-state index contributed by atoms with van der Waals surface area (Å²) in [6.45, 7) is 1.63. The lowest BCUT2D eigenvalue weighted by Crippen LogP contribution is -2.39. The van der Waals surface area contributed by atoms with E-state index in [9.17, 15) is 18.0 Å². The molecule has 2 amide bonds. The molecule has 3 rings (SSSR count). The number of nitrogens with two attached hydrogens (primary N) is 1. The van der Waals surface area contributed by atoms with Crippen molar-refractivity contribution >= 4 is 45.0 Å². The molecule has 0 heterocycles. The number of nitriles is 1. The van der Waals surface area contributed by atoms with Gasteiger partial charge in [0.05, 0.1) is 16.7 Å². The van der Waals surface area contributed by atoms with Crippen LogP contribution in [0.4, 0.5) is 0 Å². The minimum Gasteiger partial charge on any atom is -0.368 e. The monoisotopic (exact) mass is 533 g/mol. The Morgan fingerprint density at radius 1 is 1.14 bits per heavy atom. The van der Waals surface area contributed by atoms with Gasteiger partial charge in [-0.1, -0.05) is 36.6 Å². The van der Waals surface area contributed by atoms with Crippen molar-refractivity contribution < 1.29 is 18.0 Å². The molecule has 0 aromatic heterocycles. The summed E-state index contributed by atoms with van der Waals surface area (Å²) in [6, 6.07) is 15.1. The molecule has 1 aliphatic rings. The van der Waals surface area contributed by atoms with Crippen LogP contribution in [0.1, 0.15) is 38.2 Å². The Morgan fingerprint density at radius 2 is 1.77 bits per heavy atom. The number of rotatable bonds is 9. The third-order valence-electron chi connectivity index (χ3n) is 6.39. The van der Waals surface area contributed by atoms with Crippen LogP contribution < -0.4 is 11.1 Å². The molecule has 10 heteroatoms. The Labute approximate surface area is 215 Å². The summed E-state index contributed by atoms with van der Waals surface area (Å²) in [5.41, 5.74) is 6.41. The van der Waals surface area contributed by atoms with Gasteiger partial charge in [0.2, 0.25) is 11.8 Å². The average Bonchev–Trinajstić information content (AvgIpc) is 2.83. The lowest BCUT2D eigenvalue weighted by molar-refractivity contribution is -0.127. The number of amides is 2. The second-order valence-electron chi connectivity index (χ2n) is 8.79. The number of carbonyl (C=O) groups excluding carboxylic acids is 2. The molecule has 1 fully saturated rings. The number of carbonyl (C=O) groups is 2. The van der Waals surface area contributed by atoms with Gasteiger partial charge < -0.3 is 11.1 Å². The van der Waals surface area contributed by atoms with Gasteiger partial charge in [-0.25, -0.2) is 8.42 Å². The van der Waals surface area contributed by atoms with Crippen molar-refractivity contribution in [3.8, 4) is 6.07 Å². The number of thioether (sulfide) groups is 1. The largest absolute Gasteiger partial charge is 0.368 e. The number of halogens is 1. The van der Waals surface area contributed by atoms with Crippen LogP contribution in [-0.2, 0) is 24.2 Å². The molecule has 0 spiro atoms. The topological polar surface area (TPSA) is 130 Å². The molecule has 1 aliphatic carbocycles. The first kappa shape index (κ1) is 27.1. The van der Waals surface area contributed by atoms with E-state index in [4.69, 9.17) is 22.6 Å². The minimum atomic E-state index is -3.64. The number of benzene rings is 2. The summed E-state index contributed by atoms with van der Waals surface area (Å²) in [7, 11) is -3.64. The molecule has 35 heavy (non-hydrogen) atoms. The fraction of sp³-hybridized carbons (Fsp3) is 0.400. The molecule has 2 aromatic carbocycles. The second-order valence-corrected chi connectivity index (χ2v) is 12.7. The molecule has 2 aromatic rings. The van der Waals surface area contributed by atoms with Crippen molar-refractivity contribution in [3.63, 3.8) is 0 Å². The zero-order valence-corrected chi connectivity index (χ0v) is 21.8. The highest BCUT2D eigenvalue weighted by atomic mass is 35.5. The van der Waals surface area contributed by atoms with Crippen LogP contribution in [0.5, 0.6) is 0 Å². The Bertz CT molecular complexity index is 1210. The third kappa shape index (κ3) is 6.57. The highest BCUT2D eigenvalue weighted by Crippen LogP contribution is 2.42. The maximum Gasteiger partial charge on any atom is 0.238 e. The lowest BCUT2D eigenvalue weighted by Gasteiger charge is -2.30. The van der Waals surface area contributed by atoms with Gasteiger partial charge in [0.1, 0.15) is 11.3 Å². The van der Waals surface area contributed by atoms with Crippen molar-refractivity contribution in [2.24, 2.45) is 17.6 Å². The number of primary amides is 1. The molecule has 0 bridgehead atoms. The van der Waals surface area contributed by atoms with Gasteiger partial charge in [-0.15, -0.1) is 11.8 Å². The number of nitrogens with one attached hydrogen (secondary N) is 1. The summed E-state index contributed by atoms with van der Waals surface area (Å²) in [6.07, 6.45) is 2.99. The molecular formula is C25H28ClN3O4S2. The van der Waals surface area contributed by atoms with Crippen molar-refractivity contribution in [1.82, 2.24) is 5.32 Å². The maximum absolute atomic E-state index is 13.2. The molecule has 3 unspecified atom stereocenters. The highest BCUT2D eigenvalue weighted by molar-refractivity contribution is 8.01. The maximum atomic E-state index is 13.2. The van der Waals surface area contributed by atoms with E-state index in [-0.39, 0.29) is 29.0 Å². The summed E-state index contributed by atoms with van der Waals surface area (Å²) < 4.78 is 25.3. The average molecular weight is 534 g/mol. The van der Waals surface area contributed by atoms with Crippen LogP contribution in [0.25, 0.3) is 0 Å². The Morgan fingerprint density at radius 3 is 2.37 bits per heavy atom. The van der Waals surface area contributed by atoms with E-state index in [2.05, 4.69) is 5.32 Å². The van der Waals surface area contributed by atoms with Gasteiger partial charge >= 0.3 is 0 Å².